The first-order valence-electron chi connectivity index (χ1n) is 7.34. The minimum Gasteiger partial charge on any atom is -0.464 e. The van der Waals surface area contributed by atoms with Crippen LogP contribution >= 0.6 is 0 Å². The highest BCUT2D eigenvalue weighted by molar-refractivity contribution is 5.68. The summed E-state index contributed by atoms with van der Waals surface area (Å²) in [6.07, 6.45) is 9.50. The summed E-state index contributed by atoms with van der Waals surface area (Å²) in [5.41, 5.74) is 3.87. The number of rotatable bonds is 4. The molecule has 0 saturated heterocycles. The lowest BCUT2D eigenvalue weighted by Crippen LogP contribution is -2.22. The molecular weight excluding hydrogens is 248 g/mol. The number of benzene rings is 1. The fourth-order valence-corrected chi connectivity index (χ4v) is 3.06. The SMILES string of the molecule is CC(=O)OCC1(c2ccccc2)C=C1C1=CCCCC1. The lowest BCUT2D eigenvalue weighted by atomic mass is 9.86. The summed E-state index contributed by atoms with van der Waals surface area (Å²) in [5, 5.41) is 0. The maximum Gasteiger partial charge on any atom is 0.302 e. The van der Waals surface area contributed by atoms with E-state index in [1.165, 1.54) is 42.9 Å². The van der Waals surface area contributed by atoms with Gasteiger partial charge >= 0.3 is 5.97 Å². The summed E-state index contributed by atoms with van der Waals surface area (Å²) in [5.74, 6) is -0.211. The van der Waals surface area contributed by atoms with Gasteiger partial charge < -0.3 is 4.74 Å². The van der Waals surface area contributed by atoms with Crippen LogP contribution in [0.15, 0.2) is 53.6 Å². The van der Waals surface area contributed by atoms with E-state index in [1.807, 2.05) is 18.2 Å². The number of ether oxygens (including phenoxy) is 1. The second-order valence-corrected chi connectivity index (χ2v) is 5.65. The summed E-state index contributed by atoms with van der Waals surface area (Å²) in [6, 6.07) is 10.4. The van der Waals surface area contributed by atoms with Crippen LogP contribution in [-0.4, -0.2) is 12.6 Å². The van der Waals surface area contributed by atoms with Crippen LogP contribution in [0, 0.1) is 0 Å². The highest BCUT2D eigenvalue weighted by atomic mass is 16.5. The summed E-state index contributed by atoms with van der Waals surface area (Å²) in [6.45, 7) is 1.90. The molecule has 0 spiro atoms. The Morgan fingerprint density at radius 2 is 2.05 bits per heavy atom. The van der Waals surface area contributed by atoms with E-state index in [0.717, 1.165) is 6.42 Å². The highest BCUT2D eigenvalue weighted by Gasteiger charge is 2.47. The molecule has 0 fully saturated rings. The van der Waals surface area contributed by atoms with E-state index in [4.69, 9.17) is 4.74 Å². The Balaban J connectivity index is 1.84. The van der Waals surface area contributed by atoms with Gasteiger partial charge in [0.25, 0.3) is 0 Å². The summed E-state index contributed by atoms with van der Waals surface area (Å²) in [7, 11) is 0. The van der Waals surface area contributed by atoms with Gasteiger partial charge in [0.15, 0.2) is 0 Å². The Morgan fingerprint density at radius 1 is 1.25 bits per heavy atom. The largest absolute Gasteiger partial charge is 0.464 e. The standard InChI is InChI=1S/C18H20O2/c1-14(19)20-13-18(16-10-6-3-7-11-16)12-17(18)15-8-4-2-5-9-15/h3,6-8,10-12H,2,4-5,9,13H2,1H3. The van der Waals surface area contributed by atoms with Gasteiger partial charge in [0.1, 0.15) is 6.61 Å². The van der Waals surface area contributed by atoms with Crippen LogP contribution in [0.25, 0.3) is 0 Å². The number of carbonyl (C=O) groups excluding carboxylic acids is 1. The van der Waals surface area contributed by atoms with E-state index in [0.29, 0.717) is 6.61 Å². The molecule has 1 unspecified atom stereocenters. The van der Waals surface area contributed by atoms with Crippen molar-refractivity contribution < 1.29 is 9.53 Å². The molecular formula is C18H20O2. The monoisotopic (exact) mass is 268 g/mol. The van der Waals surface area contributed by atoms with Crippen molar-refractivity contribution in [2.75, 3.05) is 6.61 Å². The van der Waals surface area contributed by atoms with Gasteiger partial charge in [-0.1, -0.05) is 42.5 Å². The Labute approximate surface area is 120 Å². The van der Waals surface area contributed by atoms with Crippen molar-refractivity contribution in [2.45, 2.75) is 38.0 Å². The van der Waals surface area contributed by atoms with Crippen molar-refractivity contribution in [2.24, 2.45) is 0 Å². The Bertz CT molecular complexity index is 568. The van der Waals surface area contributed by atoms with Crippen LogP contribution in [0.4, 0.5) is 0 Å². The van der Waals surface area contributed by atoms with Gasteiger partial charge in [-0.3, -0.25) is 4.79 Å². The first-order valence-corrected chi connectivity index (χ1v) is 7.34. The number of hydrogen-bond acceptors (Lipinski definition) is 2. The quantitative estimate of drug-likeness (QED) is 0.773. The molecule has 1 atom stereocenters. The van der Waals surface area contributed by atoms with Gasteiger partial charge in [-0.05, 0) is 42.4 Å². The van der Waals surface area contributed by atoms with Gasteiger partial charge in [-0.2, -0.15) is 0 Å². The molecule has 2 heteroatoms. The fourth-order valence-electron chi connectivity index (χ4n) is 3.06. The van der Waals surface area contributed by atoms with Gasteiger partial charge in [-0.15, -0.1) is 0 Å². The smallest absolute Gasteiger partial charge is 0.302 e. The van der Waals surface area contributed by atoms with Gasteiger partial charge in [0, 0.05) is 6.92 Å². The van der Waals surface area contributed by atoms with Crippen molar-refractivity contribution in [3.05, 3.63) is 59.2 Å². The minimum absolute atomic E-state index is 0.171. The van der Waals surface area contributed by atoms with E-state index in [2.05, 4.69) is 24.3 Å². The van der Waals surface area contributed by atoms with E-state index in [9.17, 15) is 4.79 Å². The van der Waals surface area contributed by atoms with Crippen molar-refractivity contribution in [1.82, 2.24) is 0 Å². The molecule has 0 N–H and O–H groups in total. The van der Waals surface area contributed by atoms with Crippen LogP contribution in [0.3, 0.4) is 0 Å². The maximum absolute atomic E-state index is 11.2. The topological polar surface area (TPSA) is 26.3 Å². The average molecular weight is 268 g/mol. The lowest BCUT2D eigenvalue weighted by Gasteiger charge is -2.21. The molecule has 0 bridgehead atoms. The predicted molar refractivity (Wildman–Crippen MR) is 79.4 cm³/mol. The van der Waals surface area contributed by atoms with Crippen molar-refractivity contribution in [1.29, 1.82) is 0 Å². The molecule has 0 heterocycles. The molecule has 0 radical (unpaired) electrons. The Morgan fingerprint density at radius 3 is 2.70 bits per heavy atom. The number of allylic oxidation sites excluding steroid dienone is 2. The van der Waals surface area contributed by atoms with Crippen LogP contribution in [0.2, 0.25) is 0 Å². The molecule has 1 aromatic carbocycles. The third-order valence-corrected chi connectivity index (χ3v) is 4.22. The van der Waals surface area contributed by atoms with E-state index < -0.39 is 0 Å². The van der Waals surface area contributed by atoms with Gasteiger partial charge in [0.05, 0.1) is 5.41 Å². The summed E-state index contributed by atoms with van der Waals surface area (Å²) < 4.78 is 5.33. The van der Waals surface area contributed by atoms with E-state index in [1.54, 1.807) is 0 Å². The molecule has 1 aromatic rings. The zero-order chi connectivity index (χ0) is 14.0. The lowest BCUT2D eigenvalue weighted by molar-refractivity contribution is -0.141. The average Bonchev–Trinajstić information content (AvgIpc) is 3.23. The van der Waals surface area contributed by atoms with Crippen molar-refractivity contribution in [3.63, 3.8) is 0 Å². The second kappa shape index (κ2) is 5.28. The molecule has 20 heavy (non-hydrogen) atoms. The van der Waals surface area contributed by atoms with Crippen LogP contribution in [-0.2, 0) is 14.9 Å². The summed E-state index contributed by atoms with van der Waals surface area (Å²) >= 11 is 0. The Hall–Kier alpha value is -1.83. The molecule has 0 saturated carbocycles. The van der Waals surface area contributed by atoms with E-state index >= 15 is 0 Å². The molecule has 0 aliphatic heterocycles. The number of hydrogen-bond donors (Lipinski definition) is 0. The zero-order valence-corrected chi connectivity index (χ0v) is 11.9. The van der Waals surface area contributed by atoms with Crippen LogP contribution in [0.1, 0.15) is 38.2 Å². The molecule has 2 aliphatic rings. The van der Waals surface area contributed by atoms with Gasteiger partial charge in [-0.25, -0.2) is 0 Å². The maximum atomic E-state index is 11.2. The molecule has 2 nitrogen and oxygen atoms in total. The van der Waals surface area contributed by atoms with Crippen molar-refractivity contribution >= 4 is 5.97 Å². The highest BCUT2D eigenvalue weighted by Crippen LogP contribution is 2.52. The molecule has 0 amide bonds. The third kappa shape index (κ3) is 2.43. The third-order valence-electron chi connectivity index (χ3n) is 4.22. The number of carbonyl (C=O) groups is 1. The first-order chi connectivity index (χ1) is 9.72. The van der Waals surface area contributed by atoms with Crippen LogP contribution in [0.5, 0.6) is 0 Å². The minimum atomic E-state index is -0.211. The predicted octanol–water partition coefficient (Wildman–Crippen LogP) is 3.93. The molecule has 0 aromatic heterocycles. The van der Waals surface area contributed by atoms with Gasteiger partial charge in [0.2, 0.25) is 0 Å². The Kier molecular flexibility index (Phi) is 3.47. The van der Waals surface area contributed by atoms with Crippen molar-refractivity contribution in [3.8, 4) is 0 Å². The first kappa shape index (κ1) is 13.2. The molecule has 3 rings (SSSR count). The van der Waals surface area contributed by atoms with E-state index in [-0.39, 0.29) is 11.4 Å². The fraction of sp³-hybridized carbons (Fsp3) is 0.389. The zero-order valence-electron chi connectivity index (χ0n) is 11.9. The summed E-state index contributed by atoms with van der Waals surface area (Å²) in [4.78, 5) is 11.2. The number of esters is 1. The second-order valence-electron chi connectivity index (χ2n) is 5.65. The molecule has 104 valence electrons. The van der Waals surface area contributed by atoms with Crippen LogP contribution < -0.4 is 0 Å². The molecule has 2 aliphatic carbocycles. The normalized spacial score (nSPS) is 24.6.